The Balaban J connectivity index is 2.89. The van der Waals surface area contributed by atoms with Gasteiger partial charge >= 0.3 is 0 Å². The number of aromatic nitrogens is 1. The van der Waals surface area contributed by atoms with Gasteiger partial charge in [0.05, 0.1) is 10.5 Å². The van der Waals surface area contributed by atoms with Crippen LogP contribution < -0.4 is 0 Å². The van der Waals surface area contributed by atoms with Crippen molar-refractivity contribution in [2.75, 3.05) is 0 Å². The number of hydrogen-bond donors (Lipinski definition) is 0. The first-order valence-corrected chi connectivity index (χ1v) is 6.56. The zero-order valence-corrected chi connectivity index (χ0v) is 12.0. The second kappa shape index (κ2) is 4.52. The molecule has 0 fully saturated rings. The first kappa shape index (κ1) is 12.2. The zero-order chi connectivity index (χ0) is 11.9. The molecule has 0 N–H and O–H groups in total. The van der Waals surface area contributed by atoms with Crippen LogP contribution in [0.3, 0.4) is 0 Å². The number of nitrogens with zero attached hydrogens (tertiary/aromatic N) is 1. The first-order valence-electron chi connectivity index (χ1n) is 4.89. The SMILES string of the molecule is Cc1cc(C(C)Br)c2nc(Cl)cc(Cl)c2c1. The molecule has 0 saturated carbocycles. The van der Waals surface area contributed by atoms with Crippen LogP contribution in [0.15, 0.2) is 18.2 Å². The lowest BCUT2D eigenvalue weighted by atomic mass is 10.0. The van der Waals surface area contributed by atoms with Crippen LogP contribution in [-0.2, 0) is 0 Å². The van der Waals surface area contributed by atoms with E-state index in [4.69, 9.17) is 23.2 Å². The van der Waals surface area contributed by atoms with Crippen molar-refractivity contribution < 1.29 is 0 Å². The molecule has 0 bridgehead atoms. The van der Waals surface area contributed by atoms with Crippen LogP contribution >= 0.6 is 39.1 Å². The summed E-state index contributed by atoms with van der Waals surface area (Å²) >= 11 is 15.7. The van der Waals surface area contributed by atoms with Gasteiger partial charge < -0.3 is 0 Å². The smallest absolute Gasteiger partial charge is 0.131 e. The van der Waals surface area contributed by atoms with Crippen LogP contribution in [0.1, 0.15) is 22.9 Å². The maximum Gasteiger partial charge on any atom is 0.131 e. The lowest BCUT2D eigenvalue weighted by Gasteiger charge is -2.11. The number of fused-ring (bicyclic) bond motifs is 1. The van der Waals surface area contributed by atoms with E-state index in [1.807, 2.05) is 13.0 Å². The molecule has 1 unspecified atom stereocenters. The molecule has 4 heteroatoms. The monoisotopic (exact) mass is 317 g/mol. The molecular formula is C12H10BrCl2N. The van der Waals surface area contributed by atoms with Crippen LogP contribution in [-0.4, -0.2) is 4.98 Å². The second-order valence-electron chi connectivity index (χ2n) is 3.79. The Bertz CT molecular complexity index is 552. The maximum absolute atomic E-state index is 6.17. The van der Waals surface area contributed by atoms with Gasteiger partial charge in [-0.15, -0.1) is 0 Å². The van der Waals surface area contributed by atoms with E-state index in [-0.39, 0.29) is 4.83 Å². The fraction of sp³-hybridized carbons (Fsp3) is 0.250. The number of rotatable bonds is 1. The van der Waals surface area contributed by atoms with E-state index in [1.54, 1.807) is 6.07 Å². The summed E-state index contributed by atoms with van der Waals surface area (Å²) < 4.78 is 0. The Kier molecular flexibility index (Phi) is 3.43. The molecule has 1 aromatic carbocycles. The first-order chi connectivity index (χ1) is 7.49. The third kappa shape index (κ3) is 2.20. The predicted molar refractivity (Wildman–Crippen MR) is 73.8 cm³/mol. The average Bonchev–Trinajstić information content (AvgIpc) is 2.18. The number of pyridine rings is 1. The number of aryl methyl sites for hydroxylation is 1. The molecule has 1 atom stereocenters. The van der Waals surface area contributed by atoms with Gasteiger partial charge in [0.15, 0.2) is 0 Å². The van der Waals surface area contributed by atoms with Crippen LogP contribution in [0, 0.1) is 6.92 Å². The minimum absolute atomic E-state index is 0.219. The second-order valence-corrected chi connectivity index (χ2v) is 5.96. The lowest BCUT2D eigenvalue weighted by Crippen LogP contribution is -1.92. The highest BCUT2D eigenvalue weighted by molar-refractivity contribution is 9.09. The van der Waals surface area contributed by atoms with E-state index < -0.39 is 0 Å². The molecule has 0 aliphatic rings. The molecule has 0 spiro atoms. The van der Waals surface area contributed by atoms with Crippen LogP contribution in [0.25, 0.3) is 10.9 Å². The highest BCUT2D eigenvalue weighted by atomic mass is 79.9. The fourth-order valence-corrected chi connectivity index (χ4v) is 2.58. The van der Waals surface area contributed by atoms with E-state index in [0.717, 1.165) is 16.5 Å². The van der Waals surface area contributed by atoms with Crippen molar-refractivity contribution in [1.29, 1.82) is 0 Å². The quantitative estimate of drug-likeness (QED) is 0.513. The molecule has 2 aromatic rings. The third-order valence-corrected chi connectivity index (χ3v) is 3.43. The fourth-order valence-electron chi connectivity index (χ4n) is 1.74. The van der Waals surface area contributed by atoms with Gasteiger partial charge in [0.1, 0.15) is 5.15 Å². The largest absolute Gasteiger partial charge is 0.236 e. The molecule has 0 aliphatic carbocycles. The summed E-state index contributed by atoms with van der Waals surface area (Å²) in [6.07, 6.45) is 0. The third-order valence-electron chi connectivity index (χ3n) is 2.43. The summed E-state index contributed by atoms with van der Waals surface area (Å²) in [7, 11) is 0. The van der Waals surface area contributed by atoms with Crippen molar-refractivity contribution in [3.63, 3.8) is 0 Å². The van der Waals surface area contributed by atoms with Gasteiger partial charge in [0, 0.05) is 10.2 Å². The van der Waals surface area contributed by atoms with E-state index >= 15 is 0 Å². The minimum Gasteiger partial charge on any atom is -0.236 e. The molecule has 1 nitrogen and oxygen atoms in total. The summed E-state index contributed by atoms with van der Waals surface area (Å²) in [6.45, 7) is 4.11. The van der Waals surface area contributed by atoms with E-state index in [1.165, 1.54) is 5.56 Å². The molecular weight excluding hydrogens is 309 g/mol. The molecule has 1 aromatic heterocycles. The highest BCUT2D eigenvalue weighted by Gasteiger charge is 2.12. The summed E-state index contributed by atoms with van der Waals surface area (Å²) in [4.78, 5) is 4.57. The van der Waals surface area contributed by atoms with Crippen molar-refractivity contribution in [3.8, 4) is 0 Å². The van der Waals surface area contributed by atoms with Crippen molar-refractivity contribution in [2.45, 2.75) is 18.7 Å². The van der Waals surface area contributed by atoms with Crippen LogP contribution in [0.4, 0.5) is 0 Å². The van der Waals surface area contributed by atoms with E-state index in [0.29, 0.717) is 10.2 Å². The Morgan fingerprint density at radius 1 is 1.25 bits per heavy atom. The molecule has 0 aliphatic heterocycles. The van der Waals surface area contributed by atoms with E-state index in [9.17, 15) is 0 Å². The molecule has 0 amide bonds. The Hall–Kier alpha value is -0.310. The standard InChI is InChI=1S/C12H10BrCl2N/c1-6-3-8(7(2)13)12-9(4-6)10(14)5-11(15)16-12/h3-5,7H,1-2H3. The van der Waals surface area contributed by atoms with Crippen molar-refractivity contribution in [1.82, 2.24) is 4.98 Å². The van der Waals surface area contributed by atoms with Gasteiger partial charge in [-0.05, 0) is 31.5 Å². The van der Waals surface area contributed by atoms with Crippen molar-refractivity contribution in [2.24, 2.45) is 0 Å². The lowest BCUT2D eigenvalue weighted by molar-refractivity contribution is 1.12. The summed E-state index contributed by atoms with van der Waals surface area (Å²) in [5, 5.41) is 2.02. The number of hydrogen-bond acceptors (Lipinski definition) is 1. The van der Waals surface area contributed by atoms with Gasteiger partial charge in [-0.3, -0.25) is 0 Å². The van der Waals surface area contributed by atoms with Gasteiger partial charge in [-0.1, -0.05) is 50.8 Å². The average molecular weight is 319 g/mol. The van der Waals surface area contributed by atoms with Gasteiger partial charge in [0.2, 0.25) is 0 Å². The van der Waals surface area contributed by atoms with Crippen LogP contribution in [0.2, 0.25) is 10.2 Å². The van der Waals surface area contributed by atoms with Gasteiger partial charge in [0.25, 0.3) is 0 Å². The number of benzene rings is 1. The molecule has 2 rings (SSSR count). The highest BCUT2D eigenvalue weighted by Crippen LogP contribution is 2.34. The summed E-state index contributed by atoms with van der Waals surface area (Å²) in [6, 6.07) is 5.80. The van der Waals surface area contributed by atoms with Crippen molar-refractivity contribution >= 4 is 50.0 Å². The molecule has 84 valence electrons. The molecule has 0 saturated heterocycles. The molecule has 1 heterocycles. The Morgan fingerprint density at radius 3 is 2.56 bits per heavy atom. The summed E-state index contributed by atoms with van der Waals surface area (Å²) in [5.41, 5.74) is 3.15. The normalized spacial score (nSPS) is 13.1. The molecule has 16 heavy (non-hydrogen) atoms. The van der Waals surface area contributed by atoms with E-state index in [2.05, 4.69) is 33.9 Å². The van der Waals surface area contributed by atoms with Crippen LogP contribution in [0.5, 0.6) is 0 Å². The number of halogens is 3. The summed E-state index contributed by atoms with van der Waals surface area (Å²) in [5.74, 6) is 0. The molecule has 0 radical (unpaired) electrons. The topological polar surface area (TPSA) is 12.9 Å². The minimum atomic E-state index is 0.219. The number of alkyl halides is 1. The van der Waals surface area contributed by atoms with Gasteiger partial charge in [-0.2, -0.15) is 0 Å². The van der Waals surface area contributed by atoms with Crippen molar-refractivity contribution in [3.05, 3.63) is 39.5 Å². The Morgan fingerprint density at radius 2 is 1.94 bits per heavy atom. The zero-order valence-electron chi connectivity index (χ0n) is 8.89. The Labute approximate surface area is 113 Å². The van der Waals surface area contributed by atoms with Gasteiger partial charge in [-0.25, -0.2) is 4.98 Å². The predicted octanol–water partition coefficient (Wildman–Crippen LogP) is 5.31. The maximum atomic E-state index is 6.17.